The first-order valence-electron chi connectivity index (χ1n) is 9.55. The zero-order valence-electron chi connectivity index (χ0n) is 17.0. The molecule has 1 aromatic heterocycles. The van der Waals surface area contributed by atoms with Crippen LogP contribution in [0.3, 0.4) is 0 Å². The zero-order valence-corrected chi connectivity index (χ0v) is 17.8. The summed E-state index contributed by atoms with van der Waals surface area (Å²) < 4.78 is 33.3. The van der Waals surface area contributed by atoms with Crippen LogP contribution in [0, 0.1) is 20.8 Å². The van der Waals surface area contributed by atoms with Gasteiger partial charge in [-0.2, -0.15) is 0 Å². The Morgan fingerprint density at radius 2 is 1.47 bits per heavy atom. The molecule has 0 unspecified atom stereocenters. The van der Waals surface area contributed by atoms with Gasteiger partial charge in [0, 0.05) is 16.8 Å². The summed E-state index contributed by atoms with van der Waals surface area (Å²) in [6.07, 6.45) is 1.63. The summed E-state index contributed by atoms with van der Waals surface area (Å²) in [5.41, 5.74) is 6.43. The van der Waals surface area contributed by atoms with Gasteiger partial charge in [-0.25, -0.2) is 13.4 Å². The third-order valence-electron chi connectivity index (χ3n) is 5.02. The Kier molecular flexibility index (Phi) is 5.18. The highest BCUT2D eigenvalue weighted by Crippen LogP contribution is 2.27. The number of anilines is 1. The Morgan fingerprint density at radius 3 is 2.13 bits per heavy atom. The standard InChI is InChI=1S/C24H22N2O3S/c1-16-4-12-22(13-5-16)30(27,28)26-21-10-8-19(9-11-21)24-25-23(15-29-24)20-7-6-17(2)18(3)14-20/h4-15,26H,1-3H3. The van der Waals surface area contributed by atoms with Crippen molar-refractivity contribution in [3.63, 3.8) is 0 Å². The predicted molar refractivity (Wildman–Crippen MR) is 119 cm³/mol. The number of nitrogens with one attached hydrogen (secondary N) is 1. The summed E-state index contributed by atoms with van der Waals surface area (Å²) in [6, 6.07) is 19.8. The summed E-state index contributed by atoms with van der Waals surface area (Å²) >= 11 is 0. The zero-order chi connectivity index (χ0) is 21.3. The first kappa shape index (κ1) is 19.9. The summed E-state index contributed by atoms with van der Waals surface area (Å²) in [6.45, 7) is 6.05. The van der Waals surface area contributed by atoms with E-state index in [1.807, 2.05) is 13.0 Å². The summed E-state index contributed by atoms with van der Waals surface area (Å²) in [7, 11) is -3.64. The van der Waals surface area contributed by atoms with Crippen LogP contribution in [0.1, 0.15) is 16.7 Å². The number of sulfonamides is 1. The third kappa shape index (κ3) is 4.14. The number of aryl methyl sites for hydroxylation is 3. The van der Waals surface area contributed by atoms with E-state index in [1.54, 1.807) is 54.8 Å². The van der Waals surface area contributed by atoms with Crippen LogP contribution < -0.4 is 4.72 Å². The number of oxazole rings is 1. The van der Waals surface area contributed by atoms with Crippen LogP contribution in [0.2, 0.25) is 0 Å². The van der Waals surface area contributed by atoms with Crippen molar-refractivity contribution in [2.75, 3.05) is 4.72 Å². The molecule has 0 saturated heterocycles. The molecule has 0 aliphatic carbocycles. The molecular formula is C24H22N2O3S. The fourth-order valence-corrected chi connectivity index (χ4v) is 4.11. The van der Waals surface area contributed by atoms with Crippen molar-refractivity contribution in [3.8, 4) is 22.7 Å². The summed E-state index contributed by atoms with van der Waals surface area (Å²) in [5.74, 6) is 0.483. The van der Waals surface area contributed by atoms with E-state index in [0.717, 1.165) is 22.4 Å². The van der Waals surface area contributed by atoms with Gasteiger partial charge in [-0.15, -0.1) is 0 Å². The van der Waals surface area contributed by atoms with Gasteiger partial charge in [-0.3, -0.25) is 4.72 Å². The molecule has 30 heavy (non-hydrogen) atoms. The third-order valence-corrected chi connectivity index (χ3v) is 6.42. The summed E-state index contributed by atoms with van der Waals surface area (Å²) in [5, 5.41) is 0. The monoisotopic (exact) mass is 418 g/mol. The smallest absolute Gasteiger partial charge is 0.261 e. The molecule has 4 aromatic rings. The molecule has 0 spiro atoms. The van der Waals surface area contributed by atoms with Crippen LogP contribution in [-0.2, 0) is 10.0 Å². The first-order valence-corrected chi connectivity index (χ1v) is 11.0. The average molecular weight is 419 g/mol. The van der Waals surface area contributed by atoms with Crippen LogP contribution >= 0.6 is 0 Å². The highest BCUT2D eigenvalue weighted by Gasteiger charge is 2.14. The minimum atomic E-state index is -3.64. The van der Waals surface area contributed by atoms with E-state index in [1.165, 1.54) is 11.1 Å². The average Bonchev–Trinajstić information content (AvgIpc) is 3.21. The lowest BCUT2D eigenvalue weighted by molar-refractivity contribution is 0.575. The highest BCUT2D eigenvalue weighted by atomic mass is 32.2. The van der Waals surface area contributed by atoms with E-state index in [4.69, 9.17) is 4.42 Å². The second kappa shape index (κ2) is 7.80. The van der Waals surface area contributed by atoms with Gasteiger partial charge in [0.2, 0.25) is 5.89 Å². The molecule has 1 heterocycles. The molecule has 0 aliphatic rings. The largest absolute Gasteiger partial charge is 0.444 e. The maximum atomic E-state index is 12.5. The van der Waals surface area contributed by atoms with E-state index in [2.05, 4.69) is 35.7 Å². The van der Waals surface area contributed by atoms with Crippen molar-refractivity contribution in [3.05, 3.63) is 89.7 Å². The Labute approximate surface area is 176 Å². The summed E-state index contributed by atoms with van der Waals surface area (Å²) in [4.78, 5) is 4.80. The van der Waals surface area contributed by atoms with Gasteiger partial charge >= 0.3 is 0 Å². The predicted octanol–water partition coefficient (Wildman–Crippen LogP) is 5.73. The lowest BCUT2D eigenvalue weighted by atomic mass is 10.1. The molecule has 1 N–H and O–H groups in total. The van der Waals surface area contributed by atoms with Gasteiger partial charge < -0.3 is 4.42 Å². The van der Waals surface area contributed by atoms with E-state index in [-0.39, 0.29) is 4.90 Å². The normalized spacial score (nSPS) is 11.4. The van der Waals surface area contributed by atoms with Gasteiger partial charge in [0.25, 0.3) is 10.0 Å². The Bertz CT molecular complexity index is 1290. The van der Waals surface area contributed by atoms with Crippen molar-refractivity contribution >= 4 is 15.7 Å². The fourth-order valence-electron chi connectivity index (χ4n) is 3.05. The van der Waals surface area contributed by atoms with Crippen LogP contribution in [0.25, 0.3) is 22.7 Å². The second-order valence-electron chi connectivity index (χ2n) is 7.33. The maximum absolute atomic E-state index is 12.5. The number of benzene rings is 3. The molecule has 4 rings (SSSR count). The van der Waals surface area contributed by atoms with Crippen molar-refractivity contribution in [2.24, 2.45) is 0 Å². The molecule has 0 radical (unpaired) electrons. The van der Waals surface area contributed by atoms with Crippen molar-refractivity contribution in [1.82, 2.24) is 4.98 Å². The number of hydrogen-bond donors (Lipinski definition) is 1. The van der Waals surface area contributed by atoms with Gasteiger partial charge in [-0.05, 0) is 74.4 Å². The molecule has 0 atom stereocenters. The quantitative estimate of drug-likeness (QED) is 0.449. The van der Waals surface area contributed by atoms with Gasteiger partial charge in [0.1, 0.15) is 12.0 Å². The van der Waals surface area contributed by atoms with Crippen molar-refractivity contribution < 1.29 is 12.8 Å². The Hall–Kier alpha value is -3.38. The Morgan fingerprint density at radius 1 is 0.800 bits per heavy atom. The molecule has 6 heteroatoms. The molecule has 0 bridgehead atoms. The maximum Gasteiger partial charge on any atom is 0.261 e. The van der Waals surface area contributed by atoms with Crippen LogP contribution in [0.4, 0.5) is 5.69 Å². The minimum absolute atomic E-state index is 0.225. The number of rotatable bonds is 5. The van der Waals surface area contributed by atoms with E-state index in [0.29, 0.717) is 11.6 Å². The molecule has 152 valence electrons. The lowest BCUT2D eigenvalue weighted by Crippen LogP contribution is -2.12. The van der Waals surface area contributed by atoms with Crippen LogP contribution in [0.5, 0.6) is 0 Å². The van der Waals surface area contributed by atoms with Crippen molar-refractivity contribution in [2.45, 2.75) is 25.7 Å². The molecule has 0 amide bonds. The van der Waals surface area contributed by atoms with E-state index < -0.39 is 10.0 Å². The minimum Gasteiger partial charge on any atom is -0.444 e. The highest BCUT2D eigenvalue weighted by molar-refractivity contribution is 7.92. The molecule has 5 nitrogen and oxygen atoms in total. The SMILES string of the molecule is Cc1ccc(S(=O)(=O)Nc2ccc(-c3nc(-c4ccc(C)c(C)c4)co3)cc2)cc1. The first-order chi connectivity index (χ1) is 14.3. The van der Waals surface area contributed by atoms with E-state index >= 15 is 0 Å². The molecule has 3 aromatic carbocycles. The van der Waals surface area contributed by atoms with Gasteiger partial charge in [0.15, 0.2) is 0 Å². The van der Waals surface area contributed by atoms with Gasteiger partial charge in [0.05, 0.1) is 4.90 Å². The molecule has 0 saturated carbocycles. The number of hydrogen-bond acceptors (Lipinski definition) is 4. The van der Waals surface area contributed by atoms with Crippen molar-refractivity contribution in [1.29, 1.82) is 0 Å². The molecule has 0 aliphatic heterocycles. The number of nitrogens with zero attached hydrogens (tertiary/aromatic N) is 1. The number of aromatic nitrogens is 1. The van der Waals surface area contributed by atoms with Crippen LogP contribution in [-0.4, -0.2) is 13.4 Å². The Balaban J connectivity index is 1.53. The van der Waals surface area contributed by atoms with Gasteiger partial charge in [-0.1, -0.05) is 29.8 Å². The fraction of sp³-hybridized carbons (Fsp3) is 0.125. The second-order valence-corrected chi connectivity index (χ2v) is 9.02. The lowest BCUT2D eigenvalue weighted by Gasteiger charge is -2.08. The molecular weight excluding hydrogens is 396 g/mol. The topological polar surface area (TPSA) is 72.2 Å². The van der Waals surface area contributed by atoms with Crippen LogP contribution in [0.15, 0.2) is 82.3 Å². The van der Waals surface area contributed by atoms with E-state index in [9.17, 15) is 8.42 Å². The molecule has 0 fully saturated rings.